The van der Waals surface area contributed by atoms with E-state index in [2.05, 4.69) is 45.7 Å². The molecule has 6 N–H and O–H groups in total. The van der Waals surface area contributed by atoms with E-state index in [1.165, 1.54) is 0 Å². The molecule has 0 atom stereocenters. The summed E-state index contributed by atoms with van der Waals surface area (Å²) in [6, 6.07) is 28.6. The average molecular weight is 639 g/mol. The molecule has 0 aliphatic rings. The van der Waals surface area contributed by atoms with Gasteiger partial charge in [0.1, 0.15) is 37.9 Å². The van der Waals surface area contributed by atoms with Gasteiger partial charge >= 0.3 is 11.9 Å². The molecule has 0 heterocycles. The highest BCUT2D eigenvalue weighted by molar-refractivity contribution is 5.81. The number of esters is 2. The molecule has 0 aliphatic heterocycles. The number of carbonyl (C=O) groups is 2. The molecule has 0 unspecified atom stereocenters. The van der Waals surface area contributed by atoms with E-state index in [0.29, 0.717) is 11.5 Å². The van der Waals surface area contributed by atoms with Crippen LogP contribution in [0.1, 0.15) is 5.56 Å². The van der Waals surface area contributed by atoms with Crippen LogP contribution >= 0.6 is 0 Å². The van der Waals surface area contributed by atoms with E-state index in [-0.39, 0.29) is 26.4 Å². The Balaban J connectivity index is 1.15. The van der Waals surface area contributed by atoms with Crippen molar-refractivity contribution >= 4 is 46.1 Å². The third-order valence-corrected chi connectivity index (χ3v) is 6.39. The Bertz CT molecular complexity index is 1610. The summed E-state index contributed by atoms with van der Waals surface area (Å²) in [6.45, 7) is 9.55. The van der Waals surface area contributed by atoms with Crippen molar-refractivity contribution in [3.63, 3.8) is 0 Å². The Morgan fingerprint density at radius 3 is 1.30 bits per heavy atom. The topological polar surface area (TPSA) is 143 Å². The first-order valence-electron chi connectivity index (χ1n) is 14.7. The Kier molecular flexibility index (Phi) is 12.8. The third kappa shape index (κ3) is 11.6. The highest BCUT2D eigenvalue weighted by Crippen LogP contribution is 2.22. The summed E-state index contributed by atoms with van der Waals surface area (Å²) < 4.78 is 20.9. The van der Waals surface area contributed by atoms with Crippen LogP contribution in [-0.4, -0.2) is 38.4 Å². The van der Waals surface area contributed by atoms with E-state index >= 15 is 0 Å². The van der Waals surface area contributed by atoms with Gasteiger partial charge in [-0.15, -0.1) is 0 Å². The van der Waals surface area contributed by atoms with E-state index < -0.39 is 11.9 Å². The Hall–Kier alpha value is -6.30. The first kappa shape index (κ1) is 33.6. The van der Waals surface area contributed by atoms with Crippen LogP contribution < -0.4 is 42.0 Å². The molecular formula is C35H38N6O6. The summed E-state index contributed by atoms with van der Waals surface area (Å²) in [7, 11) is 0. The van der Waals surface area contributed by atoms with Gasteiger partial charge in [0.25, 0.3) is 0 Å². The fourth-order valence-electron chi connectivity index (χ4n) is 3.94. The molecule has 0 aliphatic carbocycles. The van der Waals surface area contributed by atoms with E-state index in [1.807, 2.05) is 97.9 Å². The van der Waals surface area contributed by atoms with Crippen LogP contribution in [0, 0.1) is 6.92 Å². The van der Waals surface area contributed by atoms with Crippen LogP contribution in [0.3, 0.4) is 0 Å². The zero-order valence-electron chi connectivity index (χ0n) is 26.0. The number of carbonyl (C=O) groups excluding carboxylic acids is 2. The molecular weight excluding hydrogens is 600 g/mol. The first-order chi connectivity index (χ1) is 22.9. The van der Waals surface area contributed by atoms with Crippen LogP contribution in [0.25, 0.3) is 0 Å². The lowest BCUT2D eigenvalue weighted by atomic mass is 10.2. The minimum atomic E-state index is -0.473. The van der Waals surface area contributed by atoms with E-state index in [0.717, 1.165) is 51.8 Å². The molecule has 4 aromatic carbocycles. The van der Waals surface area contributed by atoms with Gasteiger partial charge in [-0.3, -0.25) is 0 Å². The summed E-state index contributed by atoms with van der Waals surface area (Å²) >= 11 is 0. The number of nitrogens with one attached hydrogen (secondary N) is 6. The van der Waals surface area contributed by atoms with Crippen LogP contribution in [0.4, 0.5) is 34.1 Å². The number of benzene rings is 4. The van der Waals surface area contributed by atoms with E-state index in [4.69, 9.17) is 18.9 Å². The van der Waals surface area contributed by atoms with Gasteiger partial charge in [0, 0.05) is 12.2 Å². The molecule has 12 nitrogen and oxygen atoms in total. The summed E-state index contributed by atoms with van der Waals surface area (Å²) in [5, 5.41) is 0. The number of hydrogen-bond donors (Lipinski definition) is 6. The lowest BCUT2D eigenvalue weighted by Crippen LogP contribution is -2.12. The van der Waals surface area contributed by atoms with Crippen molar-refractivity contribution in [3.8, 4) is 11.5 Å². The second-order valence-corrected chi connectivity index (χ2v) is 9.85. The molecule has 0 amide bonds. The summed E-state index contributed by atoms with van der Waals surface area (Å²) in [6.07, 6.45) is 2.24. The molecule has 0 aromatic heterocycles. The smallest absolute Gasteiger partial charge is 0.330 e. The molecule has 244 valence electrons. The number of hydrogen-bond acceptors (Lipinski definition) is 12. The fourth-order valence-corrected chi connectivity index (χ4v) is 3.94. The highest BCUT2D eigenvalue weighted by Gasteiger charge is 2.03. The summed E-state index contributed by atoms with van der Waals surface area (Å²) in [5.74, 6) is 0.395. The van der Waals surface area contributed by atoms with Gasteiger partial charge in [0.15, 0.2) is 0 Å². The monoisotopic (exact) mass is 638 g/mol. The number of ether oxygens (including phenoxy) is 4. The Labute approximate surface area is 273 Å². The molecule has 0 spiro atoms. The SMILES string of the molecule is C=CC(=O)OCCOc1ccc(NNc2ccc(NNc3ccc(NNc4ccc(OCCOC(=O)C=C)cc4)cc3C)cc2)cc1. The fraction of sp³-hybridized carbons (Fsp3) is 0.143. The highest BCUT2D eigenvalue weighted by atomic mass is 16.6. The molecule has 4 rings (SSSR count). The van der Waals surface area contributed by atoms with Crippen molar-refractivity contribution in [1.29, 1.82) is 0 Å². The summed E-state index contributed by atoms with van der Waals surface area (Å²) in [5.41, 5.74) is 25.5. The average Bonchev–Trinajstić information content (AvgIpc) is 3.11. The minimum Gasteiger partial charge on any atom is -0.490 e. The van der Waals surface area contributed by atoms with Crippen LogP contribution in [0.15, 0.2) is 116 Å². The van der Waals surface area contributed by atoms with Crippen molar-refractivity contribution in [3.05, 3.63) is 122 Å². The van der Waals surface area contributed by atoms with E-state index in [9.17, 15) is 9.59 Å². The van der Waals surface area contributed by atoms with Gasteiger partial charge in [-0.05, 0) is 103 Å². The standard InChI is InChI=1S/C35H38N6O6/c1-4-34(42)46-22-20-44-31-15-10-28(11-16-31)37-36-26-6-8-27(9-7-26)39-41-33-19-14-30(24-25(33)3)40-38-29-12-17-32(18-13-29)45-21-23-47-35(43)5-2/h4-19,24,36-41H,1-2,20-23H2,3H3. The lowest BCUT2D eigenvalue weighted by molar-refractivity contribution is -0.139. The lowest BCUT2D eigenvalue weighted by Gasteiger charge is -2.16. The van der Waals surface area contributed by atoms with Crippen LogP contribution in [0.2, 0.25) is 0 Å². The number of aryl methyl sites for hydroxylation is 1. The van der Waals surface area contributed by atoms with Crippen molar-refractivity contribution < 1.29 is 28.5 Å². The van der Waals surface area contributed by atoms with Gasteiger partial charge in [0.05, 0.1) is 34.1 Å². The van der Waals surface area contributed by atoms with Crippen molar-refractivity contribution in [1.82, 2.24) is 0 Å². The normalized spacial score (nSPS) is 10.1. The number of hydrazine groups is 3. The minimum absolute atomic E-state index is 0.157. The molecule has 0 radical (unpaired) electrons. The molecule has 0 fully saturated rings. The molecule has 0 saturated carbocycles. The van der Waals surface area contributed by atoms with Crippen LogP contribution in [-0.2, 0) is 19.1 Å². The predicted octanol–water partition coefficient (Wildman–Crippen LogP) is 6.53. The molecule has 0 saturated heterocycles. The van der Waals surface area contributed by atoms with Crippen molar-refractivity contribution in [2.75, 3.05) is 59.0 Å². The van der Waals surface area contributed by atoms with Crippen molar-refractivity contribution in [2.45, 2.75) is 6.92 Å². The van der Waals surface area contributed by atoms with Gasteiger partial charge in [-0.25, -0.2) is 9.59 Å². The second kappa shape index (κ2) is 17.9. The molecule has 4 aromatic rings. The number of anilines is 6. The molecule has 47 heavy (non-hydrogen) atoms. The largest absolute Gasteiger partial charge is 0.490 e. The summed E-state index contributed by atoms with van der Waals surface area (Å²) in [4.78, 5) is 22.1. The molecule has 0 bridgehead atoms. The predicted molar refractivity (Wildman–Crippen MR) is 186 cm³/mol. The van der Waals surface area contributed by atoms with Crippen LogP contribution in [0.5, 0.6) is 11.5 Å². The van der Waals surface area contributed by atoms with E-state index in [1.54, 1.807) is 0 Å². The molecule has 12 heteroatoms. The Morgan fingerprint density at radius 1 is 0.532 bits per heavy atom. The van der Waals surface area contributed by atoms with Gasteiger partial charge < -0.3 is 51.5 Å². The zero-order valence-corrected chi connectivity index (χ0v) is 26.0. The van der Waals surface area contributed by atoms with Gasteiger partial charge in [-0.1, -0.05) is 13.2 Å². The van der Waals surface area contributed by atoms with Gasteiger partial charge in [-0.2, -0.15) is 0 Å². The second-order valence-electron chi connectivity index (χ2n) is 9.85. The quantitative estimate of drug-likeness (QED) is 0.0288. The maximum absolute atomic E-state index is 11.1. The zero-order chi connectivity index (χ0) is 33.3. The number of rotatable bonds is 19. The first-order valence-corrected chi connectivity index (χ1v) is 14.7. The Morgan fingerprint density at radius 2 is 0.894 bits per heavy atom. The van der Waals surface area contributed by atoms with Gasteiger partial charge in [0.2, 0.25) is 0 Å². The third-order valence-electron chi connectivity index (χ3n) is 6.39. The maximum Gasteiger partial charge on any atom is 0.330 e. The van der Waals surface area contributed by atoms with Crippen molar-refractivity contribution in [2.24, 2.45) is 0 Å². The maximum atomic E-state index is 11.1.